The molecule has 3 nitrogen and oxygen atoms in total. The fourth-order valence-corrected chi connectivity index (χ4v) is 1.40. The Morgan fingerprint density at radius 3 is 2.83 bits per heavy atom. The average Bonchev–Trinajstić information content (AvgIpc) is 2.39. The van der Waals surface area contributed by atoms with Crippen LogP contribution in [0.25, 0.3) is 11.0 Å². The van der Waals surface area contributed by atoms with Gasteiger partial charge >= 0.3 is 0 Å². The number of nitrogens with zero attached hydrogens (tertiary/aromatic N) is 1. The first-order valence-electron chi connectivity index (χ1n) is 3.27. The Kier molecular flexibility index (Phi) is 1.63. The van der Waals surface area contributed by atoms with Gasteiger partial charge in [0.2, 0.25) is 0 Å². The quantitative estimate of drug-likeness (QED) is 0.689. The van der Waals surface area contributed by atoms with Crippen molar-refractivity contribution < 1.29 is 0 Å². The summed E-state index contributed by atoms with van der Waals surface area (Å²) >= 11 is 11.6. The lowest BCUT2D eigenvalue weighted by Crippen LogP contribution is -1.84. The molecule has 0 bridgehead atoms. The molecule has 12 heavy (non-hydrogen) atoms. The number of hydrogen-bond donors (Lipinski definition) is 2. The first-order valence-corrected chi connectivity index (χ1v) is 4.03. The molecular formula is C7H5Cl2N3. The van der Waals surface area contributed by atoms with Gasteiger partial charge in [0.05, 0.1) is 15.6 Å². The maximum atomic E-state index is 5.87. The van der Waals surface area contributed by atoms with Gasteiger partial charge in [0.25, 0.3) is 0 Å². The minimum atomic E-state index is 0.342. The van der Waals surface area contributed by atoms with Crippen LogP contribution in [0.4, 0.5) is 5.95 Å². The number of halogens is 2. The van der Waals surface area contributed by atoms with Gasteiger partial charge in [-0.2, -0.15) is 0 Å². The zero-order valence-corrected chi connectivity index (χ0v) is 7.45. The molecule has 0 radical (unpaired) electrons. The lowest BCUT2D eigenvalue weighted by Gasteiger charge is -1.93. The molecule has 0 saturated heterocycles. The third-order valence-corrected chi connectivity index (χ3v) is 2.36. The molecule has 62 valence electrons. The van der Waals surface area contributed by atoms with Gasteiger partial charge in [-0.25, -0.2) is 4.98 Å². The Hall–Kier alpha value is -0.930. The second-order valence-corrected chi connectivity index (χ2v) is 3.16. The van der Waals surface area contributed by atoms with Crippen molar-refractivity contribution in [1.82, 2.24) is 9.97 Å². The fourth-order valence-electron chi connectivity index (χ4n) is 1.04. The highest BCUT2D eigenvalue weighted by molar-refractivity contribution is 6.44. The van der Waals surface area contributed by atoms with Crippen molar-refractivity contribution in [3.8, 4) is 0 Å². The summed E-state index contributed by atoms with van der Waals surface area (Å²) in [6, 6.07) is 3.48. The molecule has 0 unspecified atom stereocenters. The first kappa shape index (κ1) is 7.71. The smallest absolute Gasteiger partial charge is 0.198 e. The summed E-state index contributed by atoms with van der Waals surface area (Å²) in [5, 5.41) is 0.915. The zero-order chi connectivity index (χ0) is 8.72. The van der Waals surface area contributed by atoms with Gasteiger partial charge in [0.1, 0.15) is 5.52 Å². The molecule has 0 aliphatic carbocycles. The number of imidazole rings is 1. The topological polar surface area (TPSA) is 54.7 Å². The fraction of sp³-hybridized carbons (Fsp3) is 0. The number of hydrogen-bond acceptors (Lipinski definition) is 2. The summed E-state index contributed by atoms with van der Waals surface area (Å²) in [5.41, 5.74) is 6.85. The Morgan fingerprint density at radius 1 is 1.33 bits per heavy atom. The van der Waals surface area contributed by atoms with E-state index >= 15 is 0 Å². The van der Waals surface area contributed by atoms with Crippen LogP contribution in [0, 0.1) is 0 Å². The van der Waals surface area contributed by atoms with Crippen molar-refractivity contribution in [1.29, 1.82) is 0 Å². The van der Waals surface area contributed by atoms with Crippen LogP contribution in [-0.2, 0) is 0 Å². The number of fused-ring (bicyclic) bond motifs is 1. The molecular weight excluding hydrogens is 197 g/mol. The number of nitrogens with one attached hydrogen (secondary N) is 1. The number of aromatic amines is 1. The number of aromatic nitrogens is 2. The monoisotopic (exact) mass is 201 g/mol. The number of nitrogen functional groups attached to an aromatic ring is 1. The molecule has 0 aliphatic heterocycles. The summed E-state index contributed by atoms with van der Waals surface area (Å²) in [5.74, 6) is 0.342. The van der Waals surface area contributed by atoms with Crippen LogP contribution in [0.2, 0.25) is 10.0 Å². The maximum absolute atomic E-state index is 5.87. The number of benzene rings is 1. The van der Waals surface area contributed by atoms with Gasteiger partial charge in [0, 0.05) is 0 Å². The molecule has 2 aromatic rings. The zero-order valence-electron chi connectivity index (χ0n) is 5.94. The summed E-state index contributed by atoms with van der Waals surface area (Å²) in [6.45, 7) is 0. The second kappa shape index (κ2) is 2.54. The van der Waals surface area contributed by atoms with Crippen LogP contribution >= 0.6 is 23.2 Å². The third-order valence-electron chi connectivity index (χ3n) is 1.56. The highest BCUT2D eigenvalue weighted by Crippen LogP contribution is 2.29. The third kappa shape index (κ3) is 1.02. The number of rotatable bonds is 0. The van der Waals surface area contributed by atoms with Gasteiger partial charge in [-0.3, -0.25) is 0 Å². The van der Waals surface area contributed by atoms with Crippen LogP contribution in [0.15, 0.2) is 12.1 Å². The minimum absolute atomic E-state index is 0.342. The highest BCUT2D eigenvalue weighted by atomic mass is 35.5. The van der Waals surface area contributed by atoms with E-state index < -0.39 is 0 Å². The molecule has 3 N–H and O–H groups in total. The Balaban J connectivity index is 2.89. The summed E-state index contributed by atoms with van der Waals surface area (Å²) in [7, 11) is 0. The predicted octanol–water partition coefficient (Wildman–Crippen LogP) is 2.45. The minimum Gasteiger partial charge on any atom is -0.369 e. The van der Waals surface area contributed by atoms with Crippen LogP contribution in [-0.4, -0.2) is 9.97 Å². The Labute approximate surface area is 78.5 Å². The number of anilines is 1. The SMILES string of the molecule is Nc1nc2c(Cl)c(Cl)ccc2[nH]1. The van der Waals surface area contributed by atoms with Crippen molar-refractivity contribution >= 4 is 40.2 Å². The van der Waals surface area contributed by atoms with Gasteiger partial charge in [-0.1, -0.05) is 23.2 Å². The van der Waals surface area contributed by atoms with E-state index in [9.17, 15) is 0 Å². The largest absolute Gasteiger partial charge is 0.369 e. The maximum Gasteiger partial charge on any atom is 0.198 e. The second-order valence-electron chi connectivity index (χ2n) is 2.38. The lowest BCUT2D eigenvalue weighted by molar-refractivity contribution is 1.35. The van der Waals surface area contributed by atoms with Crippen LogP contribution in [0.5, 0.6) is 0 Å². The number of nitrogens with two attached hydrogens (primary N) is 1. The van der Waals surface area contributed by atoms with Crippen LogP contribution in [0.1, 0.15) is 0 Å². The predicted molar refractivity (Wildman–Crippen MR) is 50.5 cm³/mol. The van der Waals surface area contributed by atoms with Crippen molar-refractivity contribution in [2.75, 3.05) is 5.73 Å². The molecule has 2 rings (SSSR count). The molecule has 1 aromatic heterocycles. The van der Waals surface area contributed by atoms with Crippen molar-refractivity contribution in [2.24, 2.45) is 0 Å². The molecule has 0 saturated carbocycles. The Morgan fingerprint density at radius 2 is 2.08 bits per heavy atom. The molecule has 0 atom stereocenters. The van der Waals surface area contributed by atoms with Gasteiger partial charge in [-0.15, -0.1) is 0 Å². The van der Waals surface area contributed by atoms with Gasteiger partial charge in [-0.05, 0) is 12.1 Å². The van der Waals surface area contributed by atoms with Crippen molar-refractivity contribution in [2.45, 2.75) is 0 Å². The molecule has 0 aliphatic rings. The van der Waals surface area contributed by atoms with Gasteiger partial charge in [0.15, 0.2) is 5.95 Å². The Bertz CT molecular complexity index is 435. The number of H-pyrrole nitrogens is 1. The normalized spacial score (nSPS) is 10.8. The molecule has 1 heterocycles. The van der Waals surface area contributed by atoms with E-state index in [4.69, 9.17) is 28.9 Å². The van der Waals surface area contributed by atoms with Gasteiger partial charge < -0.3 is 10.7 Å². The van der Waals surface area contributed by atoms with E-state index in [2.05, 4.69) is 9.97 Å². The molecule has 5 heteroatoms. The molecule has 0 amide bonds. The van der Waals surface area contributed by atoms with E-state index in [1.54, 1.807) is 12.1 Å². The highest BCUT2D eigenvalue weighted by Gasteiger charge is 2.06. The molecule has 1 aromatic carbocycles. The van der Waals surface area contributed by atoms with E-state index in [-0.39, 0.29) is 0 Å². The van der Waals surface area contributed by atoms with Crippen molar-refractivity contribution in [3.63, 3.8) is 0 Å². The molecule has 0 spiro atoms. The summed E-state index contributed by atoms with van der Waals surface area (Å²) in [4.78, 5) is 6.83. The van der Waals surface area contributed by atoms with E-state index in [0.29, 0.717) is 21.5 Å². The molecule has 0 fully saturated rings. The lowest BCUT2D eigenvalue weighted by atomic mass is 10.3. The average molecular weight is 202 g/mol. The standard InChI is InChI=1S/C7H5Cl2N3/c8-3-1-2-4-6(5(3)9)12-7(10)11-4/h1-2H,(H3,10,11,12). The summed E-state index contributed by atoms with van der Waals surface area (Å²) < 4.78 is 0. The van der Waals surface area contributed by atoms with E-state index in [1.807, 2.05) is 0 Å². The van der Waals surface area contributed by atoms with Crippen molar-refractivity contribution in [3.05, 3.63) is 22.2 Å². The summed E-state index contributed by atoms with van der Waals surface area (Å²) in [6.07, 6.45) is 0. The van der Waals surface area contributed by atoms with Crippen LogP contribution in [0.3, 0.4) is 0 Å². The van der Waals surface area contributed by atoms with Crippen LogP contribution < -0.4 is 5.73 Å². The first-order chi connectivity index (χ1) is 5.68. The van der Waals surface area contributed by atoms with E-state index in [1.165, 1.54) is 0 Å². The van der Waals surface area contributed by atoms with E-state index in [0.717, 1.165) is 5.52 Å².